The van der Waals surface area contributed by atoms with E-state index >= 15 is 0 Å². The first-order chi connectivity index (χ1) is 7.24. The molecule has 0 spiro atoms. The molecule has 1 fully saturated rings. The molecule has 1 atom stereocenters. The summed E-state index contributed by atoms with van der Waals surface area (Å²) in [4.78, 5) is 2.39. The van der Waals surface area contributed by atoms with Crippen molar-refractivity contribution in [3.05, 3.63) is 0 Å². The van der Waals surface area contributed by atoms with Crippen molar-refractivity contribution in [1.29, 1.82) is 0 Å². The first-order valence-corrected chi connectivity index (χ1v) is 5.88. The van der Waals surface area contributed by atoms with Crippen LogP contribution in [0.3, 0.4) is 0 Å². The summed E-state index contributed by atoms with van der Waals surface area (Å²) < 4.78 is 5.28. The van der Waals surface area contributed by atoms with Crippen LogP contribution in [-0.4, -0.2) is 62.0 Å². The molecule has 0 bridgehead atoms. The second kappa shape index (κ2) is 7.17. The van der Waals surface area contributed by atoms with E-state index in [0.717, 1.165) is 39.4 Å². The first kappa shape index (κ1) is 12.9. The summed E-state index contributed by atoms with van der Waals surface area (Å²) in [5, 5.41) is 12.5. The molecule has 0 aromatic heterocycles. The smallest absolute Gasteiger partial charge is 0.0594 e. The molecule has 0 saturated carbocycles. The van der Waals surface area contributed by atoms with E-state index in [0.29, 0.717) is 5.92 Å². The van der Waals surface area contributed by atoms with Crippen LogP contribution in [0.25, 0.3) is 0 Å². The maximum absolute atomic E-state index is 9.14. The van der Waals surface area contributed by atoms with Gasteiger partial charge in [-0.15, -0.1) is 0 Å². The summed E-state index contributed by atoms with van der Waals surface area (Å²) in [5.41, 5.74) is 0. The van der Waals surface area contributed by atoms with Gasteiger partial charge >= 0.3 is 0 Å². The summed E-state index contributed by atoms with van der Waals surface area (Å²) in [6, 6.07) is 0.228. The van der Waals surface area contributed by atoms with Crippen molar-refractivity contribution in [3.63, 3.8) is 0 Å². The van der Waals surface area contributed by atoms with E-state index in [4.69, 9.17) is 9.84 Å². The average molecular weight is 216 g/mol. The van der Waals surface area contributed by atoms with Gasteiger partial charge < -0.3 is 15.2 Å². The minimum Gasteiger partial charge on any atom is -0.395 e. The Kier molecular flexibility index (Phi) is 6.17. The quantitative estimate of drug-likeness (QED) is 0.652. The summed E-state index contributed by atoms with van der Waals surface area (Å²) in [6.07, 6.45) is 0. The van der Waals surface area contributed by atoms with Gasteiger partial charge in [-0.05, 0) is 5.92 Å². The van der Waals surface area contributed by atoms with Gasteiger partial charge in [-0.1, -0.05) is 13.8 Å². The molecular formula is C11H24N2O2. The first-order valence-electron chi connectivity index (χ1n) is 5.88. The van der Waals surface area contributed by atoms with Crippen molar-refractivity contribution in [2.24, 2.45) is 5.92 Å². The van der Waals surface area contributed by atoms with Gasteiger partial charge in [0, 0.05) is 32.2 Å². The molecule has 0 aromatic carbocycles. The Hall–Kier alpha value is -0.160. The van der Waals surface area contributed by atoms with Gasteiger partial charge in [-0.25, -0.2) is 0 Å². The second-order valence-electron chi connectivity index (χ2n) is 4.44. The molecule has 0 aliphatic carbocycles. The van der Waals surface area contributed by atoms with Gasteiger partial charge in [0.2, 0.25) is 0 Å². The number of nitrogens with one attached hydrogen (secondary N) is 1. The van der Waals surface area contributed by atoms with Crippen LogP contribution < -0.4 is 5.32 Å². The zero-order valence-corrected chi connectivity index (χ0v) is 9.91. The average Bonchev–Trinajstić information content (AvgIpc) is 2.25. The molecule has 0 amide bonds. The SMILES string of the molecule is CC(C)C(CO)NCCN1CCOCC1. The summed E-state index contributed by atoms with van der Waals surface area (Å²) in [7, 11) is 0. The third-order valence-corrected chi connectivity index (χ3v) is 2.94. The summed E-state index contributed by atoms with van der Waals surface area (Å²) in [5.74, 6) is 0.486. The molecular weight excluding hydrogens is 192 g/mol. The highest BCUT2D eigenvalue weighted by Gasteiger charge is 2.13. The van der Waals surface area contributed by atoms with Crippen LogP contribution in [0, 0.1) is 5.92 Å². The van der Waals surface area contributed by atoms with Gasteiger partial charge in [-0.3, -0.25) is 4.90 Å². The van der Waals surface area contributed by atoms with Crippen LogP contribution in [0.15, 0.2) is 0 Å². The predicted octanol–water partition coefficient (Wildman–Crippen LogP) is -0.0749. The van der Waals surface area contributed by atoms with Crippen molar-refractivity contribution in [2.75, 3.05) is 46.0 Å². The molecule has 1 saturated heterocycles. The van der Waals surface area contributed by atoms with Crippen LogP contribution >= 0.6 is 0 Å². The summed E-state index contributed by atoms with van der Waals surface area (Å²) >= 11 is 0. The molecule has 90 valence electrons. The molecule has 4 nitrogen and oxygen atoms in total. The highest BCUT2D eigenvalue weighted by molar-refractivity contribution is 4.71. The van der Waals surface area contributed by atoms with Gasteiger partial charge in [-0.2, -0.15) is 0 Å². The van der Waals surface area contributed by atoms with Gasteiger partial charge in [0.15, 0.2) is 0 Å². The van der Waals surface area contributed by atoms with Crippen molar-refractivity contribution in [2.45, 2.75) is 19.9 Å². The number of aliphatic hydroxyl groups is 1. The fraction of sp³-hybridized carbons (Fsp3) is 1.00. The molecule has 0 aromatic rings. The number of ether oxygens (including phenoxy) is 1. The third-order valence-electron chi connectivity index (χ3n) is 2.94. The third kappa shape index (κ3) is 4.93. The molecule has 2 N–H and O–H groups in total. The maximum atomic E-state index is 9.14. The number of aliphatic hydroxyl groups excluding tert-OH is 1. The van der Waals surface area contributed by atoms with E-state index in [1.54, 1.807) is 0 Å². The number of hydrogen-bond donors (Lipinski definition) is 2. The van der Waals surface area contributed by atoms with Crippen molar-refractivity contribution in [1.82, 2.24) is 10.2 Å². The normalized spacial score (nSPS) is 20.8. The number of rotatable bonds is 6. The fourth-order valence-corrected chi connectivity index (χ4v) is 1.74. The van der Waals surface area contributed by atoms with Crippen LogP contribution in [0.1, 0.15) is 13.8 Å². The lowest BCUT2D eigenvalue weighted by Crippen LogP contribution is -2.44. The Morgan fingerprint density at radius 1 is 1.33 bits per heavy atom. The Bertz CT molecular complexity index is 159. The van der Waals surface area contributed by atoms with Gasteiger partial charge in [0.1, 0.15) is 0 Å². The van der Waals surface area contributed by atoms with Crippen LogP contribution in [-0.2, 0) is 4.74 Å². The van der Waals surface area contributed by atoms with Crippen LogP contribution in [0.2, 0.25) is 0 Å². The predicted molar refractivity (Wildman–Crippen MR) is 61.0 cm³/mol. The van der Waals surface area contributed by atoms with E-state index in [1.807, 2.05) is 0 Å². The lowest BCUT2D eigenvalue weighted by molar-refractivity contribution is 0.0375. The Morgan fingerprint density at radius 2 is 2.00 bits per heavy atom. The van der Waals surface area contributed by atoms with Crippen LogP contribution in [0.4, 0.5) is 0 Å². The highest BCUT2D eigenvalue weighted by Crippen LogP contribution is 2.00. The lowest BCUT2D eigenvalue weighted by atomic mass is 10.1. The van der Waals surface area contributed by atoms with E-state index in [2.05, 4.69) is 24.1 Å². The fourth-order valence-electron chi connectivity index (χ4n) is 1.74. The number of hydrogen-bond acceptors (Lipinski definition) is 4. The minimum absolute atomic E-state index is 0.223. The Labute approximate surface area is 92.6 Å². The highest BCUT2D eigenvalue weighted by atomic mass is 16.5. The minimum atomic E-state index is 0.223. The monoisotopic (exact) mass is 216 g/mol. The van der Waals surface area contributed by atoms with Crippen LogP contribution in [0.5, 0.6) is 0 Å². The zero-order valence-electron chi connectivity index (χ0n) is 9.91. The van der Waals surface area contributed by atoms with Crippen molar-refractivity contribution in [3.8, 4) is 0 Å². The molecule has 1 heterocycles. The maximum Gasteiger partial charge on any atom is 0.0594 e. The number of morpholine rings is 1. The largest absolute Gasteiger partial charge is 0.395 e. The lowest BCUT2D eigenvalue weighted by Gasteiger charge is -2.28. The number of nitrogens with zero attached hydrogens (tertiary/aromatic N) is 1. The zero-order chi connectivity index (χ0) is 11.1. The van der Waals surface area contributed by atoms with E-state index in [1.165, 1.54) is 0 Å². The van der Waals surface area contributed by atoms with E-state index in [9.17, 15) is 0 Å². The molecule has 15 heavy (non-hydrogen) atoms. The molecule has 1 aliphatic heterocycles. The molecule has 1 aliphatic rings. The Morgan fingerprint density at radius 3 is 2.53 bits per heavy atom. The standard InChI is InChI=1S/C11H24N2O2/c1-10(2)11(9-14)12-3-4-13-5-7-15-8-6-13/h10-12,14H,3-9H2,1-2H3. The van der Waals surface area contributed by atoms with Crippen molar-refractivity contribution >= 4 is 0 Å². The van der Waals surface area contributed by atoms with Gasteiger partial charge in [0.05, 0.1) is 19.8 Å². The van der Waals surface area contributed by atoms with Crippen molar-refractivity contribution < 1.29 is 9.84 Å². The molecule has 4 heteroatoms. The van der Waals surface area contributed by atoms with Gasteiger partial charge in [0.25, 0.3) is 0 Å². The molecule has 1 rings (SSSR count). The molecule has 1 unspecified atom stereocenters. The Balaban J connectivity index is 2.08. The van der Waals surface area contributed by atoms with E-state index < -0.39 is 0 Å². The van der Waals surface area contributed by atoms with E-state index in [-0.39, 0.29) is 12.6 Å². The second-order valence-corrected chi connectivity index (χ2v) is 4.44. The molecule has 0 radical (unpaired) electrons. The topological polar surface area (TPSA) is 44.7 Å². The summed E-state index contributed by atoms with van der Waals surface area (Å²) in [6.45, 7) is 10.3.